The van der Waals surface area contributed by atoms with Crippen molar-refractivity contribution < 1.29 is 13.6 Å². The third kappa shape index (κ3) is 2.92. The molecule has 7 heteroatoms. The Labute approximate surface area is 137 Å². The smallest absolute Gasteiger partial charge is 0.280 e. The predicted molar refractivity (Wildman–Crippen MR) is 89.0 cm³/mol. The van der Waals surface area contributed by atoms with E-state index in [1.807, 2.05) is 19.1 Å². The molecule has 0 radical (unpaired) electrons. The number of carbonyl (C=O) groups is 1. The van der Waals surface area contributed by atoms with Gasteiger partial charge < -0.3 is 10.6 Å². The van der Waals surface area contributed by atoms with Gasteiger partial charge >= 0.3 is 0 Å². The number of amides is 1. The molecular formula is C17H16F2N4O. The monoisotopic (exact) mass is 330 g/mol. The maximum Gasteiger partial charge on any atom is 0.280 e. The zero-order valence-electron chi connectivity index (χ0n) is 13.0. The molecule has 0 atom stereocenters. The van der Waals surface area contributed by atoms with Crippen molar-refractivity contribution in [3.63, 3.8) is 0 Å². The highest BCUT2D eigenvalue weighted by molar-refractivity contribution is 6.08. The van der Waals surface area contributed by atoms with Crippen LogP contribution >= 0.6 is 0 Å². The average molecular weight is 330 g/mol. The van der Waals surface area contributed by atoms with Gasteiger partial charge in [-0.3, -0.25) is 4.79 Å². The van der Waals surface area contributed by atoms with E-state index in [0.717, 1.165) is 16.7 Å². The molecule has 1 aliphatic heterocycles. The largest absolute Gasteiger partial charge is 0.340 e. The number of hydrogen-bond donors (Lipinski definition) is 2. The molecular weight excluding hydrogens is 314 g/mol. The normalized spacial score (nSPS) is 13.3. The second kappa shape index (κ2) is 6.27. The Kier molecular flexibility index (Phi) is 4.16. The Morgan fingerprint density at radius 3 is 2.71 bits per heavy atom. The van der Waals surface area contributed by atoms with E-state index in [-0.39, 0.29) is 22.8 Å². The van der Waals surface area contributed by atoms with Crippen molar-refractivity contribution in [2.45, 2.75) is 19.8 Å². The number of benzene rings is 1. The van der Waals surface area contributed by atoms with Gasteiger partial charge in [-0.2, -0.15) is 5.10 Å². The number of hydrogen-bond acceptors (Lipinski definition) is 3. The number of anilines is 2. The molecule has 5 nitrogen and oxygen atoms in total. The lowest BCUT2D eigenvalue weighted by Crippen LogP contribution is -2.19. The zero-order valence-corrected chi connectivity index (χ0v) is 13.0. The molecule has 2 N–H and O–H groups in total. The Balaban J connectivity index is 1.87. The van der Waals surface area contributed by atoms with Crippen LogP contribution in [0.1, 0.15) is 22.8 Å². The van der Waals surface area contributed by atoms with E-state index >= 15 is 0 Å². The van der Waals surface area contributed by atoms with E-state index < -0.39 is 12.3 Å². The van der Waals surface area contributed by atoms with Gasteiger partial charge in [-0.15, -0.1) is 0 Å². The van der Waals surface area contributed by atoms with E-state index in [4.69, 9.17) is 0 Å². The minimum absolute atomic E-state index is 0.168. The van der Waals surface area contributed by atoms with Crippen LogP contribution in [-0.2, 0) is 6.42 Å². The van der Waals surface area contributed by atoms with Crippen molar-refractivity contribution in [3.8, 4) is 0 Å². The number of nitrogens with zero attached hydrogens (tertiary/aromatic N) is 2. The number of fused-ring (bicyclic) bond motifs is 1. The summed E-state index contributed by atoms with van der Waals surface area (Å²) in [4.78, 5) is 12.4. The lowest BCUT2D eigenvalue weighted by Gasteiger charge is -2.19. The maximum atomic E-state index is 13.1. The second-order valence-electron chi connectivity index (χ2n) is 5.34. The summed E-state index contributed by atoms with van der Waals surface area (Å²) in [5.41, 5.74) is 1.90. The molecule has 24 heavy (non-hydrogen) atoms. The first-order chi connectivity index (χ1) is 11.5. The molecule has 0 saturated heterocycles. The zero-order chi connectivity index (χ0) is 17.3. The molecule has 0 unspecified atom stereocenters. The third-order valence-electron chi connectivity index (χ3n) is 3.70. The molecule has 124 valence electrons. The van der Waals surface area contributed by atoms with Crippen LogP contribution in [0.2, 0.25) is 0 Å². The van der Waals surface area contributed by atoms with Gasteiger partial charge in [0.2, 0.25) is 0 Å². The summed E-state index contributed by atoms with van der Waals surface area (Å²) in [7, 11) is 0. The van der Waals surface area contributed by atoms with Gasteiger partial charge in [0.15, 0.2) is 0 Å². The number of halogens is 2. The third-order valence-corrected chi connectivity index (χ3v) is 3.70. The fraction of sp³-hybridized carbons (Fsp3) is 0.176. The molecule has 0 saturated carbocycles. The first-order valence-electron chi connectivity index (χ1n) is 7.44. The van der Waals surface area contributed by atoms with Gasteiger partial charge in [-0.25, -0.2) is 13.5 Å². The Morgan fingerprint density at radius 1 is 1.38 bits per heavy atom. The van der Waals surface area contributed by atoms with Crippen LogP contribution in [0.25, 0.3) is 5.70 Å². The molecule has 0 fully saturated rings. The molecule has 1 aliphatic rings. The van der Waals surface area contributed by atoms with Crippen molar-refractivity contribution in [1.29, 1.82) is 0 Å². The average Bonchev–Trinajstić information content (AvgIpc) is 2.98. The number of carbonyl (C=O) groups excluding carboxylic acids is 1. The van der Waals surface area contributed by atoms with Gasteiger partial charge in [0.05, 0.1) is 6.20 Å². The molecule has 0 aliphatic carbocycles. The molecule has 1 aromatic carbocycles. The highest BCUT2D eigenvalue weighted by atomic mass is 19.3. The fourth-order valence-corrected chi connectivity index (χ4v) is 2.44. The van der Waals surface area contributed by atoms with Gasteiger partial charge in [0, 0.05) is 11.4 Å². The van der Waals surface area contributed by atoms with Crippen LogP contribution in [0.3, 0.4) is 0 Å². The van der Waals surface area contributed by atoms with Crippen LogP contribution in [-0.4, -0.2) is 22.1 Å². The van der Waals surface area contributed by atoms with E-state index in [0.29, 0.717) is 5.69 Å². The first-order valence-corrected chi connectivity index (χ1v) is 7.44. The van der Waals surface area contributed by atoms with E-state index in [1.54, 1.807) is 12.1 Å². The van der Waals surface area contributed by atoms with Crippen molar-refractivity contribution in [1.82, 2.24) is 9.78 Å². The van der Waals surface area contributed by atoms with Gasteiger partial charge in [-0.1, -0.05) is 25.6 Å². The number of aryl methyl sites for hydroxylation is 1. The maximum absolute atomic E-state index is 13.1. The summed E-state index contributed by atoms with van der Waals surface area (Å²) >= 11 is 0. The first kappa shape index (κ1) is 15.9. The van der Waals surface area contributed by atoms with E-state index in [2.05, 4.69) is 22.3 Å². The molecule has 2 aromatic rings. The van der Waals surface area contributed by atoms with E-state index in [1.165, 1.54) is 12.3 Å². The molecule has 2 heterocycles. The van der Waals surface area contributed by atoms with Crippen molar-refractivity contribution in [2.75, 3.05) is 10.6 Å². The minimum Gasteiger partial charge on any atom is -0.340 e. The summed E-state index contributed by atoms with van der Waals surface area (Å²) in [6.45, 7) is 5.68. The quantitative estimate of drug-likeness (QED) is 0.898. The van der Waals surface area contributed by atoms with Gasteiger partial charge in [-0.05, 0) is 30.2 Å². The van der Waals surface area contributed by atoms with Crippen molar-refractivity contribution >= 4 is 23.1 Å². The van der Waals surface area contributed by atoms with E-state index in [9.17, 15) is 13.6 Å². The number of alkyl halides is 2. The number of aromatic nitrogens is 2. The van der Waals surface area contributed by atoms with Gasteiger partial charge in [0.1, 0.15) is 17.1 Å². The Bertz CT molecular complexity index is 822. The summed E-state index contributed by atoms with van der Waals surface area (Å²) < 4.78 is 27.2. The van der Waals surface area contributed by atoms with Crippen LogP contribution in [0.5, 0.6) is 0 Å². The van der Waals surface area contributed by atoms with Crippen LogP contribution in [0, 0.1) is 0 Å². The van der Waals surface area contributed by atoms with Crippen LogP contribution in [0.4, 0.5) is 20.3 Å². The van der Waals surface area contributed by atoms with Crippen molar-refractivity contribution in [2.24, 2.45) is 0 Å². The number of allylic oxidation sites excluding steroid dienone is 2. The SMILES string of the molecule is C=C1C=C(C(F)F)n2ncc(C(=O)Nc3ccc(CC)cc3)c2N1. The molecule has 0 spiro atoms. The summed E-state index contributed by atoms with van der Waals surface area (Å²) in [6.07, 6.45) is 0.642. The second-order valence-corrected chi connectivity index (χ2v) is 5.34. The minimum atomic E-state index is -2.72. The standard InChI is InChI=1S/C17H16F2N4O/c1-3-11-4-6-12(7-5-11)22-17(24)13-9-20-23-14(15(18)19)8-10(2)21-16(13)23/h4-9,15,21H,2-3H2,1H3,(H,22,24). The number of rotatable bonds is 4. The van der Waals surface area contributed by atoms with Crippen LogP contribution in [0.15, 0.2) is 48.8 Å². The highest BCUT2D eigenvalue weighted by Crippen LogP contribution is 2.30. The summed E-state index contributed by atoms with van der Waals surface area (Å²) in [5.74, 6) is -0.253. The van der Waals surface area contributed by atoms with Gasteiger partial charge in [0.25, 0.3) is 12.3 Å². The molecule has 0 bridgehead atoms. The lowest BCUT2D eigenvalue weighted by molar-refractivity contribution is 0.102. The predicted octanol–water partition coefficient (Wildman–Crippen LogP) is 3.74. The van der Waals surface area contributed by atoms with Crippen LogP contribution < -0.4 is 10.6 Å². The fourth-order valence-electron chi connectivity index (χ4n) is 2.44. The topological polar surface area (TPSA) is 59.0 Å². The number of nitrogens with one attached hydrogen (secondary N) is 2. The molecule has 3 rings (SSSR count). The van der Waals surface area contributed by atoms with Crippen molar-refractivity contribution in [3.05, 3.63) is 59.9 Å². The highest BCUT2D eigenvalue weighted by Gasteiger charge is 2.26. The summed E-state index contributed by atoms with van der Waals surface area (Å²) in [5, 5.41) is 9.44. The lowest BCUT2D eigenvalue weighted by atomic mass is 10.1. The Hall–Kier alpha value is -2.96. The Morgan fingerprint density at radius 2 is 2.08 bits per heavy atom. The summed E-state index contributed by atoms with van der Waals surface area (Å²) in [6, 6.07) is 7.43. The molecule has 1 amide bonds. The molecule has 1 aromatic heterocycles.